The minimum atomic E-state index is -5.26. The highest BCUT2D eigenvalue weighted by Crippen LogP contribution is 2.43. The highest BCUT2D eigenvalue weighted by atomic mass is 19.4. The summed E-state index contributed by atoms with van der Waals surface area (Å²) in [4.78, 5) is 39.1. The topological polar surface area (TPSA) is 87.2 Å². The van der Waals surface area contributed by atoms with Gasteiger partial charge < -0.3 is 5.32 Å². The minimum absolute atomic E-state index is 0.179. The second kappa shape index (κ2) is 7.15. The molecule has 10 heteroatoms. The Labute approximate surface area is 174 Å². The Kier molecular flexibility index (Phi) is 4.72. The zero-order valence-corrected chi connectivity index (χ0v) is 16.2. The molecule has 3 amide bonds. The summed E-state index contributed by atoms with van der Waals surface area (Å²) in [7, 11) is 0. The van der Waals surface area contributed by atoms with Crippen LogP contribution in [0, 0.1) is 6.92 Å². The molecule has 1 aliphatic rings. The molecule has 1 aromatic heterocycles. The molecule has 3 aromatic rings. The molecule has 7 nitrogen and oxygen atoms in total. The van der Waals surface area contributed by atoms with Crippen LogP contribution in [0.3, 0.4) is 0 Å². The number of hydrogen-bond acceptors (Lipinski definition) is 3. The van der Waals surface area contributed by atoms with Gasteiger partial charge in [-0.25, -0.2) is 9.48 Å². The van der Waals surface area contributed by atoms with Gasteiger partial charge in [0.05, 0.1) is 17.8 Å². The largest absolute Gasteiger partial charge is 0.425 e. The molecule has 2 aromatic carbocycles. The SMILES string of the molecule is Cc1[nH]n(-c2ccccc2)c(=O)c1[C@]1(C(F)(F)F)NC(=O)N(Cc2ccccc2)C1=O. The van der Waals surface area contributed by atoms with E-state index >= 15 is 0 Å². The molecule has 0 radical (unpaired) electrons. The number of hydrogen-bond donors (Lipinski definition) is 2. The van der Waals surface area contributed by atoms with Crippen molar-refractivity contribution >= 4 is 11.9 Å². The Bertz CT molecular complexity index is 1200. The molecule has 2 N–H and O–H groups in total. The number of carbonyl (C=O) groups excluding carboxylic acids is 2. The van der Waals surface area contributed by atoms with Crippen LogP contribution >= 0.6 is 0 Å². The fraction of sp³-hybridized carbons (Fsp3) is 0.190. The molecule has 0 bridgehead atoms. The van der Waals surface area contributed by atoms with E-state index in [-0.39, 0.29) is 17.9 Å². The van der Waals surface area contributed by atoms with E-state index in [4.69, 9.17) is 0 Å². The van der Waals surface area contributed by atoms with Gasteiger partial charge in [-0.2, -0.15) is 13.2 Å². The Balaban J connectivity index is 1.86. The van der Waals surface area contributed by atoms with Crippen molar-refractivity contribution < 1.29 is 22.8 Å². The summed E-state index contributed by atoms with van der Waals surface area (Å²) >= 11 is 0. The molecule has 1 saturated heterocycles. The number of imide groups is 1. The van der Waals surface area contributed by atoms with E-state index in [9.17, 15) is 27.6 Å². The molecule has 0 aliphatic carbocycles. The van der Waals surface area contributed by atoms with Crippen molar-refractivity contribution in [3.63, 3.8) is 0 Å². The third-order valence-corrected chi connectivity index (χ3v) is 5.18. The van der Waals surface area contributed by atoms with Crippen LogP contribution < -0.4 is 10.9 Å². The zero-order chi connectivity index (χ0) is 22.4. The third kappa shape index (κ3) is 3.11. The van der Waals surface area contributed by atoms with Gasteiger partial charge in [0.1, 0.15) is 0 Å². The minimum Gasteiger partial charge on any atom is -0.312 e. The summed E-state index contributed by atoms with van der Waals surface area (Å²) in [6, 6.07) is 14.9. The van der Waals surface area contributed by atoms with Crippen molar-refractivity contribution in [3.05, 3.63) is 87.8 Å². The lowest BCUT2D eigenvalue weighted by atomic mass is 9.89. The number of aryl methyl sites for hydroxylation is 1. The van der Waals surface area contributed by atoms with E-state index in [1.165, 1.54) is 19.1 Å². The number of benzene rings is 2. The van der Waals surface area contributed by atoms with Crippen LogP contribution in [0.15, 0.2) is 65.5 Å². The number of H-pyrrole nitrogens is 1. The van der Waals surface area contributed by atoms with Gasteiger partial charge in [0.25, 0.3) is 11.5 Å². The van der Waals surface area contributed by atoms with Gasteiger partial charge in [0, 0.05) is 5.69 Å². The summed E-state index contributed by atoms with van der Waals surface area (Å²) in [5, 5.41) is 4.35. The molecule has 0 saturated carbocycles. The number of amides is 3. The maximum absolute atomic E-state index is 14.4. The third-order valence-electron chi connectivity index (χ3n) is 5.18. The Morgan fingerprint density at radius 3 is 2.10 bits per heavy atom. The summed E-state index contributed by atoms with van der Waals surface area (Å²) < 4.78 is 44.1. The number of rotatable bonds is 4. The van der Waals surface area contributed by atoms with Crippen molar-refractivity contribution in [3.8, 4) is 5.69 Å². The maximum atomic E-state index is 14.4. The molecule has 0 unspecified atom stereocenters. The second-order valence-corrected chi connectivity index (χ2v) is 7.14. The number of alkyl halides is 3. The molecule has 2 heterocycles. The Hall–Kier alpha value is -3.82. The second-order valence-electron chi connectivity index (χ2n) is 7.14. The number of aromatic nitrogens is 2. The Morgan fingerprint density at radius 2 is 1.52 bits per heavy atom. The Morgan fingerprint density at radius 1 is 0.935 bits per heavy atom. The maximum Gasteiger partial charge on any atom is 0.425 e. The fourth-order valence-corrected chi connectivity index (χ4v) is 3.74. The number of nitrogens with one attached hydrogen (secondary N) is 2. The first-order valence-corrected chi connectivity index (χ1v) is 9.29. The molecule has 1 aliphatic heterocycles. The van der Waals surface area contributed by atoms with E-state index in [1.807, 2.05) is 0 Å². The van der Waals surface area contributed by atoms with Gasteiger partial charge in [0.2, 0.25) is 5.54 Å². The van der Waals surface area contributed by atoms with Gasteiger partial charge in [-0.05, 0) is 24.6 Å². The number of halogens is 3. The van der Waals surface area contributed by atoms with Crippen LogP contribution in [0.25, 0.3) is 5.69 Å². The number of nitrogens with zero attached hydrogens (tertiary/aromatic N) is 2. The predicted molar refractivity (Wildman–Crippen MR) is 104 cm³/mol. The van der Waals surface area contributed by atoms with Crippen LogP contribution in [0.4, 0.5) is 18.0 Å². The lowest BCUT2D eigenvalue weighted by molar-refractivity contribution is -0.198. The smallest absolute Gasteiger partial charge is 0.312 e. The summed E-state index contributed by atoms with van der Waals surface area (Å²) in [6.07, 6.45) is -5.26. The normalized spacial score (nSPS) is 19.0. The van der Waals surface area contributed by atoms with Crippen LogP contribution in [-0.2, 0) is 16.9 Å². The first kappa shape index (κ1) is 20.5. The van der Waals surface area contributed by atoms with Crippen LogP contribution in [0.2, 0.25) is 0 Å². The summed E-state index contributed by atoms with van der Waals surface area (Å²) in [5.41, 5.74) is -4.85. The van der Waals surface area contributed by atoms with Crippen molar-refractivity contribution in [1.29, 1.82) is 0 Å². The van der Waals surface area contributed by atoms with Crippen molar-refractivity contribution in [2.24, 2.45) is 0 Å². The fourth-order valence-electron chi connectivity index (χ4n) is 3.74. The standard InChI is InChI=1S/C21H17F3N4O3/c1-13-16(17(29)28(26-13)15-10-6-3-7-11-15)20(21(22,23)24)18(30)27(19(31)25-20)12-14-8-4-2-5-9-14/h2-11,26H,12H2,1H3,(H,25,31)/t20-/m0/s1. The van der Waals surface area contributed by atoms with Gasteiger partial charge in [-0.1, -0.05) is 48.5 Å². The molecular weight excluding hydrogens is 413 g/mol. The van der Waals surface area contributed by atoms with Crippen LogP contribution in [0.5, 0.6) is 0 Å². The predicted octanol–water partition coefficient (Wildman–Crippen LogP) is 2.98. The number of urea groups is 1. The van der Waals surface area contributed by atoms with Gasteiger partial charge in [-0.15, -0.1) is 0 Å². The lowest BCUT2D eigenvalue weighted by Gasteiger charge is -2.28. The number of aromatic amines is 1. The van der Waals surface area contributed by atoms with Gasteiger partial charge in [-0.3, -0.25) is 19.6 Å². The first-order valence-electron chi connectivity index (χ1n) is 9.29. The van der Waals surface area contributed by atoms with E-state index < -0.39 is 34.8 Å². The first-order chi connectivity index (χ1) is 14.7. The quantitative estimate of drug-likeness (QED) is 0.624. The number of para-hydroxylation sites is 1. The van der Waals surface area contributed by atoms with Crippen LogP contribution in [0.1, 0.15) is 16.8 Å². The molecule has 160 valence electrons. The van der Waals surface area contributed by atoms with Gasteiger partial charge in [0.15, 0.2) is 0 Å². The monoisotopic (exact) mass is 430 g/mol. The highest BCUT2D eigenvalue weighted by molar-refractivity contribution is 6.08. The summed E-state index contributed by atoms with van der Waals surface area (Å²) in [6.45, 7) is 0.892. The molecule has 1 fully saturated rings. The molecule has 1 atom stereocenters. The lowest BCUT2D eigenvalue weighted by Crippen LogP contribution is -2.58. The molecule has 31 heavy (non-hydrogen) atoms. The zero-order valence-electron chi connectivity index (χ0n) is 16.2. The van der Waals surface area contributed by atoms with Crippen molar-refractivity contribution in [1.82, 2.24) is 20.0 Å². The van der Waals surface area contributed by atoms with E-state index in [2.05, 4.69) is 5.10 Å². The molecule has 4 rings (SSSR count). The highest BCUT2D eigenvalue weighted by Gasteiger charge is 2.70. The average molecular weight is 430 g/mol. The van der Waals surface area contributed by atoms with Crippen molar-refractivity contribution in [2.45, 2.75) is 25.2 Å². The summed E-state index contributed by atoms with van der Waals surface area (Å²) in [5.74, 6) is -1.55. The van der Waals surface area contributed by atoms with E-state index in [0.717, 1.165) is 4.68 Å². The average Bonchev–Trinajstić information content (AvgIpc) is 3.17. The van der Waals surface area contributed by atoms with E-state index in [0.29, 0.717) is 10.5 Å². The number of carbonyl (C=O) groups is 2. The molecular formula is C21H17F3N4O3. The van der Waals surface area contributed by atoms with Crippen LogP contribution in [-0.4, -0.2) is 32.8 Å². The molecule has 0 spiro atoms. The van der Waals surface area contributed by atoms with E-state index in [1.54, 1.807) is 53.8 Å². The van der Waals surface area contributed by atoms with Crippen molar-refractivity contribution in [2.75, 3.05) is 0 Å². The van der Waals surface area contributed by atoms with Gasteiger partial charge >= 0.3 is 12.2 Å².